The number of nitrogens with one attached hydrogen (secondary N) is 1. The predicted octanol–water partition coefficient (Wildman–Crippen LogP) is 9.23. The highest BCUT2D eigenvalue weighted by Gasteiger charge is 2.28. The molecule has 1 amide bonds. The van der Waals surface area contributed by atoms with Crippen molar-refractivity contribution in [3.63, 3.8) is 0 Å². The quantitative estimate of drug-likeness (QED) is 0.0357. The molecule has 0 aromatic rings. The van der Waals surface area contributed by atoms with Gasteiger partial charge in [0.15, 0.2) is 0 Å². The molecule has 4 atom stereocenters. The molecule has 0 fully saturated rings. The summed E-state index contributed by atoms with van der Waals surface area (Å²) in [6.45, 7) is 3.85. The number of carbonyl (C=O) groups excluding carboxylic acids is 1. The molecule has 0 aliphatic carbocycles. The van der Waals surface area contributed by atoms with E-state index in [4.69, 9.17) is 0 Å². The second kappa shape index (κ2) is 34.1. The molecule has 5 N–H and O–H groups in total. The van der Waals surface area contributed by atoms with Crippen LogP contribution in [0.3, 0.4) is 0 Å². The highest BCUT2D eigenvalue weighted by molar-refractivity contribution is 5.80. The molecule has 0 aromatic carbocycles. The van der Waals surface area contributed by atoms with Gasteiger partial charge in [0.25, 0.3) is 0 Å². The van der Waals surface area contributed by atoms with Crippen molar-refractivity contribution in [1.82, 2.24) is 5.32 Å². The van der Waals surface area contributed by atoms with Gasteiger partial charge in [-0.2, -0.15) is 0 Å². The summed E-state index contributed by atoms with van der Waals surface area (Å²) >= 11 is 0. The Morgan fingerprint density at radius 1 is 0.556 bits per heavy atom. The fourth-order valence-electron chi connectivity index (χ4n) is 5.79. The summed E-state index contributed by atoms with van der Waals surface area (Å²) < 4.78 is 0. The first kappa shape index (κ1) is 43.8. The highest BCUT2D eigenvalue weighted by Crippen LogP contribution is 2.15. The summed E-state index contributed by atoms with van der Waals surface area (Å²) in [6.07, 6.45) is 37.3. The highest BCUT2D eigenvalue weighted by atomic mass is 16.3. The van der Waals surface area contributed by atoms with Gasteiger partial charge < -0.3 is 25.7 Å². The van der Waals surface area contributed by atoms with Crippen LogP contribution in [0.5, 0.6) is 0 Å². The Hall–Kier alpha value is -1.21. The molecule has 0 aromatic heterocycles. The Kier molecular flexibility index (Phi) is 33.2. The number of carbonyl (C=O) groups is 1. The van der Waals surface area contributed by atoms with Gasteiger partial charge >= 0.3 is 0 Å². The molecule has 0 spiro atoms. The Bertz CT molecular complexity index is 682. The Balaban J connectivity index is 3.57. The van der Waals surface area contributed by atoms with Gasteiger partial charge in [0.2, 0.25) is 5.91 Å². The van der Waals surface area contributed by atoms with Crippen molar-refractivity contribution in [1.29, 1.82) is 0 Å². The van der Waals surface area contributed by atoms with Gasteiger partial charge in [-0.05, 0) is 44.9 Å². The largest absolute Gasteiger partial charge is 0.394 e. The molecule has 0 saturated heterocycles. The van der Waals surface area contributed by atoms with Gasteiger partial charge in [0, 0.05) is 0 Å². The number of rotatable bonds is 34. The molecule has 45 heavy (non-hydrogen) atoms. The lowest BCUT2D eigenvalue weighted by Gasteiger charge is -2.27. The van der Waals surface area contributed by atoms with Gasteiger partial charge in [0.05, 0.1) is 18.8 Å². The third-order valence-corrected chi connectivity index (χ3v) is 8.92. The second-order valence-corrected chi connectivity index (χ2v) is 13.3. The average molecular weight is 638 g/mol. The van der Waals surface area contributed by atoms with E-state index in [9.17, 15) is 25.2 Å². The first-order valence-electron chi connectivity index (χ1n) is 19.2. The maximum Gasteiger partial charge on any atom is 0.249 e. The SMILES string of the molecule is CCCCCCCCCCC/C=C\C/C=C\CCCCCCCCCCCCC(O)C(=O)NC(CO)C(O)C(O)CCCCC. The minimum absolute atomic E-state index is 0.364. The summed E-state index contributed by atoms with van der Waals surface area (Å²) in [5.74, 6) is -0.597. The van der Waals surface area contributed by atoms with E-state index in [-0.39, 0.29) is 0 Å². The van der Waals surface area contributed by atoms with E-state index in [1.165, 1.54) is 116 Å². The van der Waals surface area contributed by atoms with Crippen molar-refractivity contribution in [2.45, 2.75) is 212 Å². The molecule has 0 saturated carbocycles. The minimum atomic E-state index is -1.25. The first-order valence-corrected chi connectivity index (χ1v) is 19.2. The zero-order valence-electron chi connectivity index (χ0n) is 29.6. The molecule has 0 rings (SSSR count). The van der Waals surface area contributed by atoms with Crippen LogP contribution in [0.25, 0.3) is 0 Å². The first-order chi connectivity index (χ1) is 22.0. The van der Waals surface area contributed by atoms with Crippen LogP contribution in [0, 0.1) is 0 Å². The van der Waals surface area contributed by atoms with Crippen molar-refractivity contribution in [3.05, 3.63) is 24.3 Å². The van der Waals surface area contributed by atoms with Crippen molar-refractivity contribution in [3.8, 4) is 0 Å². The molecule has 4 unspecified atom stereocenters. The average Bonchev–Trinajstić information content (AvgIpc) is 3.04. The van der Waals surface area contributed by atoms with Gasteiger partial charge in [0.1, 0.15) is 12.2 Å². The molecule has 266 valence electrons. The van der Waals surface area contributed by atoms with E-state index in [2.05, 4.69) is 43.5 Å². The molecular weight excluding hydrogens is 562 g/mol. The summed E-state index contributed by atoms with van der Waals surface area (Å²) in [6, 6.07) is -0.980. The van der Waals surface area contributed by atoms with Crippen molar-refractivity contribution < 1.29 is 25.2 Å². The molecule has 0 radical (unpaired) electrons. The monoisotopic (exact) mass is 638 g/mol. The van der Waals surface area contributed by atoms with Crippen LogP contribution < -0.4 is 5.32 Å². The predicted molar refractivity (Wildman–Crippen MR) is 191 cm³/mol. The maximum absolute atomic E-state index is 12.3. The lowest BCUT2D eigenvalue weighted by atomic mass is 10.00. The lowest BCUT2D eigenvalue weighted by molar-refractivity contribution is -0.132. The summed E-state index contributed by atoms with van der Waals surface area (Å²) in [7, 11) is 0. The Labute approximate surface area is 278 Å². The summed E-state index contributed by atoms with van der Waals surface area (Å²) in [4.78, 5) is 12.3. The minimum Gasteiger partial charge on any atom is -0.394 e. The maximum atomic E-state index is 12.3. The van der Waals surface area contributed by atoms with Gasteiger partial charge in [-0.3, -0.25) is 4.79 Å². The Morgan fingerprint density at radius 3 is 1.42 bits per heavy atom. The molecule has 6 heteroatoms. The van der Waals surface area contributed by atoms with Crippen molar-refractivity contribution in [2.24, 2.45) is 0 Å². The van der Waals surface area contributed by atoms with Gasteiger partial charge in [-0.25, -0.2) is 0 Å². The van der Waals surface area contributed by atoms with Crippen molar-refractivity contribution in [2.75, 3.05) is 6.61 Å². The molecular formula is C39H75NO5. The van der Waals surface area contributed by atoms with Gasteiger partial charge in [-0.15, -0.1) is 0 Å². The van der Waals surface area contributed by atoms with Crippen LogP contribution in [-0.4, -0.2) is 57.3 Å². The van der Waals surface area contributed by atoms with Crippen LogP contribution in [-0.2, 0) is 4.79 Å². The molecule has 0 aliphatic heterocycles. The van der Waals surface area contributed by atoms with E-state index in [0.717, 1.165) is 44.9 Å². The molecule has 0 bridgehead atoms. The number of aliphatic hydroxyl groups is 4. The standard InChI is InChI=1S/C39H75NO5/c1-3-5-7-8-9-10-11-12-13-14-15-16-17-18-19-20-21-22-23-24-25-26-27-28-29-31-33-37(43)39(45)40-35(34-41)38(44)36(42)32-30-6-4-2/h15-16,18-19,35-38,41-44H,3-14,17,20-34H2,1-2H3,(H,40,45)/b16-15-,19-18-. The van der Waals surface area contributed by atoms with Crippen LogP contribution in [0.4, 0.5) is 0 Å². The normalized spacial score (nSPS) is 14.7. The van der Waals surface area contributed by atoms with Crippen LogP contribution in [0.1, 0.15) is 187 Å². The number of allylic oxidation sites excluding steroid dienone is 4. The van der Waals surface area contributed by atoms with Crippen LogP contribution in [0.2, 0.25) is 0 Å². The summed E-state index contributed by atoms with van der Waals surface area (Å²) in [5.41, 5.74) is 0. The molecule has 0 aliphatic rings. The van der Waals surface area contributed by atoms with E-state index < -0.39 is 36.9 Å². The van der Waals surface area contributed by atoms with Crippen LogP contribution in [0.15, 0.2) is 24.3 Å². The number of hydrogen-bond acceptors (Lipinski definition) is 5. The summed E-state index contributed by atoms with van der Waals surface area (Å²) in [5, 5.41) is 42.7. The zero-order chi connectivity index (χ0) is 33.2. The van der Waals surface area contributed by atoms with E-state index in [1.807, 2.05) is 0 Å². The molecule has 6 nitrogen and oxygen atoms in total. The fourth-order valence-corrected chi connectivity index (χ4v) is 5.79. The number of aliphatic hydroxyl groups excluding tert-OH is 4. The fraction of sp³-hybridized carbons (Fsp3) is 0.872. The van der Waals surface area contributed by atoms with Crippen LogP contribution >= 0.6 is 0 Å². The van der Waals surface area contributed by atoms with E-state index in [1.54, 1.807) is 0 Å². The van der Waals surface area contributed by atoms with E-state index in [0.29, 0.717) is 12.8 Å². The smallest absolute Gasteiger partial charge is 0.249 e. The Morgan fingerprint density at radius 2 is 0.956 bits per heavy atom. The second-order valence-electron chi connectivity index (χ2n) is 13.3. The van der Waals surface area contributed by atoms with Gasteiger partial charge in [-0.1, -0.05) is 167 Å². The lowest BCUT2D eigenvalue weighted by Crippen LogP contribution is -2.53. The number of hydrogen-bond donors (Lipinski definition) is 5. The third kappa shape index (κ3) is 28.7. The number of amides is 1. The third-order valence-electron chi connectivity index (χ3n) is 8.92. The molecule has 0 heterocycles. The number of unbranched alkanes of at least 4 members (excludes halogenated alkanes) is 21. The van der Waals surface area contributed by atoms with E-state index >= 15 is 0 Å². The van der Waals surface area contributed by atoms with Crippen molar-refractivity contribution >= 4 is 5.91 Å². The zero-order valence-corrected chi connectivity index (χ0v) is 29.6. The topological polar surface area (TPSA) is 110 Å².